The van der Waals surface area contributed by atoms with Crippen LogP contribution in [0.2, 0.25) is 0 Å². The molecule has 1 aliphatic heterocycles. The number of nitrogens with one attached hydrogen (secondary N) is 1. The first kappa shape index (κ1) is 16.4. The van der Waals surface area contributed by atoms with Crippen LogP contribution < -0.4 is 5.43 Å². The van der Waals surface area contributed by atoms with E-state index in [0.29, 0.717) is 29.8 Å². The number of amides is 1. The van der Waals surface area contributed by atoms with Gasteiger partial charge in [-0.2, -0.15) is 5.10 Å². The molecule has 1 heterocycles. The number of quaternary nitrogens is 1. The molecular weight excluding hydrogens is 306 g/mol. The van der Waals surface area contributed by atoms with Gasteiger partial charge in [-0.3, -0.25) is 4.79 Å². The molecule has 0 atom stereocenters. The predicted molar refractivity (Wildman–Crippen MR) is 93.0 cm³/mol. The molecular formula is C18H22N3O3+. The van der Waals surface area contributed by atoms with E-state index < -0.39 is 0 Å². The minimum atomic E-state index is -0.143. The largest absolute Gasteiger partial charge is 0.507 e. The average Bonchev–Trinajstić information content (AvgIpc) is 2.57. The van der Waals surface area contributed by atoms with Crippen molar-refractivity contribution in [3.05, 3.63) is 42.0 Å². The van der Waals surface area contributed by atoms with Crippen LogP contribution >= 0.6 is 0 Å². The van der Waals surface area contributed by atoms with E-state index in [9.17, 15) is 9.90 Å². The Hall–Kier alpha value is -2.44. The molecule has 2 aromatic carbocycles. The number of carbonyl (C=O) groups is 1. The molecule has 6 heteroatoms. The number of hydrogen-bond acceptors (Lipinski definition) is 4. The third-order valence-corrected chi connectivity index (χ3v) is 4.41. The van der Waals surface area contributed by atoms with Gasteiger partial charge in [0, 0.05) is 5.56 Å². The van der Waals surface area contributed by atoms with Crippen LogP contribution in [0.3, 0.4) is 0 Å². The van der Waals surface area contributed by atoms with E-state index in [1.807, 2.05) is 37.4 Å². The average molecular weight is 328 g/mol. The number of benzene rings is 2. The van der Waals surface area contributed by atoms with Crippen LogP contribution in [0.15, 0.2) is 41.5 Å². The number of rotatable bonds is 4. The minimum absolute atomic E-state index is 0.138. The Morgan fingerprint density at radius 3 is 2.83 bits per heavy atom. The highest BCUT2D eigenvalue weighted by atomic mass is 16.5. The van der Waals surface area contributed by atoms with Crippen molar-refractivity contribution in [2.24, 2.45) is 5.10 Å². The van der Waals surface area contributed by atoms with Gasteiger partial charge in [0.15, 0.2) is 6.54 Å². The fourth-order valence-corrected chi connectivity index (χ4v) is 2.91. The van der Waals surface area contributed by atoms with Crippen LogP contribution in [0, 0.1) is 0 Å². The van der Waals surface area contributed by atoms with Crippen molar-refractivity contribution in [3.63, 3.8) is 0 Å². The predicted octanol–water partition coefficient (Wildman–Crippen LogP) is 1.47. The molecule has 126 valence electrons. The lowest BCUT2D eigenvalue weighted by atomic mass is 10.0. The van der Waals surface area contributed by atoms with Crippen LogP contribution in [0.25, 0.3) is 10.8 Å². The van der Waals surface area contributed by atoms with E-state index in [1.165, 1.54) is 6.21 Å². The molecule has 2 aromatic rings. The normalized spacial score (nSPS) is 17.2. The Bertz CT molecular complexity index is 767. The lowest BCUT2D eigenvalue weighted by Gasteiger charge is -2.36. The molecule has 0 radical (unpaired) electrons. The van der Waals surface area contributed by atoms with Crippen LogP contribution in [-0.4, -0.2) is 61.6 Å². The second kappa shape index (κ2) is 6.98. The molecule has 0 bridgehead atoms. The molecule has 1 fully saturated rings. The van der Waals surface area contributed by atoms with E-state index in [1.54, 1.807) is 6.07 Å². The Kier molecular flexibility index (Phi) is 4.78. The molecule has 1 saturated heterocycles. The monoisotopic (exact) mass is 328 g/mol. The number of hydrazone groups is 1. The second-order valence-electron chi connectivity index (χ2n) is 6.35. The number of likely N-dealkylation sites (N-methyl/N-ethyl adjacent to an activating group) is 1. The van der Waals surface area contributed by atoms with Gasteiger partial charge in [-0.25, -0.2) is 5.43 Å². The third-order valence-electron chi connectivity index (χ3n) is 4.41. The van der Waals surface area contributed by atoms with Gasteiger partial charge >= 0.3 is 0 Å². The van der Waals surface area contributed by atoms with Crippen LogP contribution in [0.1, 0.15) is 5.56 Å². The molecule has 0 aromatic heterocycles. The lowest BCUT2D eigenvalue weighted by Crippen LogP contribution is -2.55. The Labute approximate surface area is 140 Å². The lowest BCUT2D eigenvalue weighted by molar-refractivity contribution is -0.909. The summed E-state index contributed by atoms with van der Waals surface area (Å²) in [5.74, 6) is -0.00533. The number of carbonyl (C=O) groups excluding carboxylic acids is 1. The number of phenols is 1. The summed E-state index contributed by atoms with van der Waals surface area (Å²) >= 11 is 0. The summed E-state index contributed by atoms with van der Waals surface area (Å²) in [5, 5.41) is 16.0. The van der Waals surface area contributed by atoms with E-state index >= 15 is 0 Å². The fraction of sp³-hybridized carbons (Fsp3) is 0.333. The Morgan fingerprint density at radius 1 is 1.29 bits per heavy atom. The highest BCUT2D eigenvalue weighted by molar-refractivity contribution is 6.02. The van der Waals surface area contributed by atoms with Gasteiger partial charge < -0.3 is 14.3 Å². The zero-order chi connectivity index (χ0) is 17.0. The molecule has 0 aliphatic carbocycles. The molecule has 3 rings (SSSR count). The molecule has 0 saturated carbocycles. The molecule has 0 spiro atoms. The van der Waals surface area contributed by atoms with Crippen molar-refractivity contribution in [3.8, 4) is 5.75 Å². The standard InChI is InChI=1S/C18H21N3O3/c1-21(8-10-24-11-9-21)13-18(23)20-19-12-16-15-5-3-2-4-14(15)6-7-17(16)22/h2-7,12H,8-11,13H2,1H3,(H-,19,20,22,23)/p+1. The van der Waals surface area contributed by atoms with Crippen molar-refractivity contribution in [1.82, 2.24) is 5.43 Å². The second-order valence-corrected chi connectivity index (χ2v) is 6.35. The number of morpholine rings is 1. The summed E-state index contributed by atoms with van der Waals surface area (Å²) in [7, 11) is 2.04. The van der Waals surface area contributed by atoms with Gasteiger partial charge in [0.1, 0.15) is 18.8 Å². The maximum atomic E-state index is 12.1. The number of fused-ring (bicyclic) bond motifs is 1. The summed E-state index contributed by atoms with van der Waals surface area (Å²) in [6, 6.07) is 11.2. The zero-order valence-electron chi connectivity index (χ0n) is 13.7. The maximum absolute atomic E-state index is 12.1. The van der Waals surface area contributed by atoms with Crippen LogP contribution in [-0.2, 0) is 9.53 Å². The van der Waals surface area contributed by atoms with Gasteiger partial charge in [0.25, 0.3) is 5.91 Å². The summed E-state index contributed by atoms with van der Waals surface area (Å²) in [6.07, 6.45) is 1.49. The van der Waals surface area contributed by atoms with Gasteiger partial charge in [-0.15, -0.1) is 0 Å². The summed E-state index contributed by atoms with van der Waals surface area (Å²) in [4.78, 5) is 12.1. The third kappa shape index (κ3) is 3.72. The number of phenolic OH excluding ortho intramolecular Hbond substituents is 1. The van der Waals surface area contributed by atoms with Crippen molar-refractivity contribution in [1.29, 1.82) is 0 Å². The molecule has 0 unspecified atom stereocenters. The fourth-order valence-electron chi connectivity index (χ4n) is 2.91. The van der Waals surface area contributed by atoms with Crippen molar-refractivity contribution < 1.29 is 19.1 Å². The smallest absolute Gasteiger partial charge is 0.295 e. The number of nitrogens with zero attached hydrogens (tertiary/aromatic N) is 2. The van der Waals surface area contributed by atoms with Gasteiger partial charge in [0.05, 0.1) is 26.5 Å². The van der Waals surface area contributed by atoms with E-state index in [2.05, 4.69) is 10.5 Å². The number of hydrogen-bond donors (Lipinski definition) is 2. The van der Waals surface area contributed by atoms with Gasteiger partial charge in [-0.05, 0) is 16.8 Å². The first-order valence-corrected chi connectivity index (χ1v) is 8.01. The van der Waals surface area contributed by atoms with E-state index in [-0.39, 0.29) is 11.7 Å². The van der Waals surface area contributed by atoms with Crippen molar-refractivity contribution >= 4 is 22.9 Å². The molecule has 1 aliphatic rings. The van der Waals surface area contributed by atoms with E-state index in [4.69, 9.17) is 4.74 Å². The summed E-state index contributed by atoms with van der Waals surface area (Å²) < 4.78 is 5.99. The number of ether oxygens (including phenoxy) is 1. The molecule has 1 amide bonds. The quantitative estimate of drug-likeness (QED) is 0.507. The highest BCUT2D eigenvalue weighted by Crippen LogP contribution is 2.25. The number of aromatic hydroxyl groups is 1. The highest BCUT2D eigenvalue weighted by Gasteiger charge is 2.27. The van der Waals surface area contributed by atoms with E-state index in [0.717, 1.165) is 23.9 Å². The molecule has 24 heavy (non-hydrogen) atoms. The van der Waals surface area contributed by atoms with Crippen LogP contribution in [0.5, 0.6) is 5.75 Å². The van der Waals surface area contributed by atoms with Crippen molar-refractivity contribution in [2.75, 3.05) is 39.9 Å². The van der Waals surface area contributed by atoms with Gasteiger partial charge in [-0.1, -0.05) is 30.3 Å². The molecule has 2 N–H and O–H groups in total. The maximum Gasteiger partial charge on any atom is 0.295 e. The summed E-state index contributed by atoms with van der Waals surface area (Å²) in [5.41, 5.74) is 3.16. The first-order chi connectivity index (χ1) is 11.6. The Balaban J connectivity index is 1.68. The Morgan fingerprint density at radius 2 is 2.04 bits per heavy atom. The zero-order valence-corrected chi connectivity index (χ0v) is 13.7. The minimum Gasteiger partial charge on any atom is -0.507 e. The van der Waals surface area contributed by atoms with Crippen molar-refractivity contribution in [2.45, 2.75) is 0 Å². The van der Waals surface area contributed by atoms with Crippen LogP contribution in [0.4, 0.5) is 0 Å². The van der Waals surface area contributed by atoms with Gasteiger partial charge in [0.2, 0.25) is 0 Å². The SMILES string of the molecule is C[N+]1(CC(=O)NN=Cc2c(O)ccc3ccccc23)CCOCC1. The first-order valence-electron chi connectivity index (χ1n) is 8.01. The molecule has 6 nitrogen and oxygen atoms in total. The topological polar surface area (TPSA) is 70.9 Å². The summed E-state index contributed by atoms with van der Waals surface area (Å²) in [6.45, 7) is 3.36.